The maximum atomic E-state index is 12.3. The molecule has 1 aliphatic rings. The molecule has 17 heavy (non-hydrogen) atoms. The summed E-state index contributed by atoms with van der Waals surface area (Å²) in [6.07, 6.45) is 2.56. The van der Waals surface area contributed by atoms with Crippen molar-refractivity contribution in [2.24, 2.45) is 7.05 Å². The molecule has 92 valence electrons. The summed E-state index contributed by atoms with van der Waals surface area (Å²) in [4.78, 5) is 14.2. The molecule has 4 nitrogen and oxygen atoms in total. The summed E-state index contributed by atoms with van der Waals surface area (Å²) in [6.45, 7) is 4.19. The van der Waals surface area contributed by atoms with Crippen molar-refractivity contribution in [3.8, 4) is 0 Å². The monoisotopic (exact) mass is 233 g/mol. The van der Waals surface area contributed by atoms with Gasteiger partial charge in [0.25, 0.3) is 0 Å². The molecule has 1 aromatic heterocycles. The molecule has 0 unspecified atom stereocenters. The molecule has 0 atom stereocenters. The Hall–Kier alpha value is -1.58. The summed E-state index contributed by atoms with van der Waals surface area (Å²) in [5.74, 6) is 0.462. The minimum absolute atomic E-state index is 0.144. The molecule has 1 heterocycles. The van der Waals surface area contributed by atoms with Crippen LogP contribution in [0, 0.1) is 0 Å². The predicted molar refractivity (Wildman–Crippen MR) is 67.1 cm³/mol. The zero-order valence-corrected chi connectivity index (χ0v) is 11.1. The summed E-state index contributed by atoms with van der Waals surface area (Å²) in [5.41, 5.74) is 3.65. The summed E-state index contributed by atoms with van der Waals surface area (Å²) in [5, 5.41) is 4.46. The topological polar surface area (TPSA) is 38.1 Å². The first-order valence-corrected chi connectivity index (χ1v) is 5.89. The molecule has 0 fully saturated rings. The van der Waals surface area contributed by atoms with Crippen LogP contribution in [-0.4, -0.2) is 34.6 Å². The van der Waals surface area contributed by atoms with Gasteiger partial charge in [0.1, 0.15) is 0 Å². The molecule has 0 saturated carbocycles. The maximum absolute atomic E-state index is 12.3. The third kappa shape index (κ3) is 1.88. The van der Waals surface area contributed by atoms with E-state index in [9.17, 15) is 4.79 Å². The van der Waals surface area contributed by atoms with Gasteiger partial charge in [0.15, 0.2) is 5.78 Å². The standard InChI is InChI=1S/C13H19N3O/c1-8(2)12-11-10(14-16(12)5)6-9(13(11)17)7-15(3)4/h7-8H,6H2,1-5H3/b9-7-. The highest BCUT2D eigenvalue weighted by atomic mass is 16.1. The molecular formula is C13H19N3O. The molecule has 0 spiro atoms. The average molecular weight is 233 g/mol. The molecular weight excluding hydrogens is 214 g/mol. The van der Waals surface area contributed by atoms with Crippen molar-refractivity contribution < 1.29 is 4.79 Å². The number of rotatable bonds is 2. The number of aryl methyl sites for hydroxylation is 1. The van der Waals surface area contributed by atoms with Gasteiger partial charge < -0.3 is 4.90 Å². The second-order valence-electron chi connectivity index (χ2n) is 5.11. The fourth-order valence-electron chi connectivity index (χ4n) is 2.47. The third-order valence-corrected chi connectivity index (χ3v) is 3.00. The summed E-state index contributed by atoms with van der Waals surface area (Å²) in [7, 11) is 5.77. The summed E-state index contributed by atoms with van der Waals surface area (Å²) >= 11 is 0. The van der Waals surface area contributed by atoms with E-state index in [1.807, 2.05) is 36.9 Å². The molecule has 0 bridgehead atoms. The number of carbonyl (C=O) groups excluding carboxylic acids is 1. The molecule has 0 amide bonds. The quantitative estimate of drug-likeness (QED) is 0.730. The molecule has 1 aromatic rings. The molecule has 0 aliphatic heterocycles. The smallest absolute Gasteiger partial charge is 0.194 e. The summed E-state index contributed by atoms with van der Waals surface area (Å²) < 4.78 is 1.85. The number of allylic oxidation sites excluding steroid dienone is 1. The van der Waals surface area contributed by atoms with Crippen LogP contribution in [0.2, 0.25) is 0 Å². The zero-order chi connectivity index (χ0) is 12.7. The Morgan fingerprint density at radius 1 is 1.41 bits per heavy atom. The van der Waals surface area contributed by atoms with E-state index in [1.54, 1.807) is 0 Å². The van der Waals surface area contributed by atoms with E-state index in [4.69, 9.17) is 0 Å². The van der Waals surface area contributed by atoms with Crippen LogP contribution in [-0.2, 0) is 13.5 Å². The van der Waals surface area contributed by atoms with Crippen LogP contribution in [0.5, 0.6) is 0 Å². The summed E-state index contributed by atoms with van der Waals surface area (Å²) in [6, 6.07) is 0. The van der Waals surface area contributed by atoms with E-state index in [1.165, 1.54) is 0 Å². The van der Waals surface area contributed by atoms with Crippen LogP contribution in [0.4, 0.5) is 0 Å². The normalized spacial score (nSPS) is 17.1. The van der Waals surface area contributed by atoms with Crippen LogP contribution in [0.15, 0.2) is 11.8 Å². The predicted octanol–water partition coefficient (Wildman–Crippen LogP) is 1.73. The van der Waals surface area contributed by atoms with Crippen molar-refractivity contribution in [2.75, 3.05) is 14.1 Å². The first kappa shape index (κ1) is 11.9. The van der Waals surface area contributed by atoms with E-state index in [-0.39, 0.29) is 5.78 Å². The van der Waals surface area contributed by atoms with Crippen LogP contribution in [0.1, 0.15) is 41.5 Å². The number of ketones is 1. The van der Waals surface area contributed by atoms with Crippen molar-refractivity contribution in [3.63, 3.8) is 0 Å². The van der Waals surface area contributed by atoms with Crippen molar-refractivity contribution in [2.45, 2.75) is 26.2 Å². The van der Waals surface area contributed by atoms with Gasteiger partial charge in [-0.15, -0.1) is 0 Å². The van der Waals surface area contributed by atoms with Crippen LogP contribution in [0.25, 0.3) is 0 Å². The number of hydrogen-bond acceptors (Lipinski definition) is 3. The minimum Gasteiger partial charge on any atom is -0.383 e. The van der Waals surface area contributed by atoms with Gasteiger partial charge in [-0.25, -0.2) is 0 Å². The highest BCUT2D eigenvalue weighted by Gasteiger charge is 2.33. The maximum Gasteiger partial charge on any atom is 0.194 e. The average Bonchev–Trinajstić information content (AvgIpc) is 2.64. The lowest BCUT2D eigenvalue weighted by Crippen LogP contribution is -2.10. The Morgan fingerprint density at radius 3 is 2.59 bits per heavy atom. The molecule has 0 aromatic carbocycles. The number of fused-ring (bicyclic) bond motifs is 1. The lowest BCUT2D eigenvalue weighted by Gasteiger charge is -2.09. The zero-order valence-electron chi connectivity index (χ0n) is 11.1. The highest BCUT2D eigenvalue weighted by molar-refractivity contribution is 6.13. The van der Waals surface area contributed by atoms with Gasteiger partial charge in [-0.2, -0.15) is 5.10 Å². The van der Waals surface area contributed by atoms with Crippen molar-refractivity contribution >= 4 is 5.78 Å². The molecule has 2 rings (SSSR count). The fourth-order valence-corrected chi connectivity index (χ4v) is 2.47. The third-order valence-electron chi connectivity index (χ3n) is 3.00. The SMILES string of the molecule is CC(C)c1c2c(nn1C)C/C(=C/N(C)C)C2=O. The van der Waals surface area contributed by atoms with Crippen molar-refractivity contribution in [3.05, 3.63) is 28.7 Å². The number of nitrogens with zero attached hydrogens (tertiary/aromatic N) is 3. The molecule has 4 heteroatoms. The molecule has 0 radical (unpaired) electrons. The molecule has 0 N–H and O–H groups in total. The lowest BCUT2D eigenvalue weighted by atomic mass is 10.0. The molecule has 0 saturated heterocycles. The van der Waals surface area contributed by atoms with E-state index >= 15 is 0 Å². The van der Waals surface area contributed by atoms with Crippen LogP contribution in [0.3, 0.4) is 0 Å². The van der Waals surface area contributed by atoms with Gasteiger partial charge in [0.05, 0.1) is 17.0 Å². The van der Waals surface area contributed by atoms with Gasteiger partial charge in [0, 0.05) is 39.3 Å². The van der Waals surface area contributed by atoms with Gasteiger partial charge in [0.2, 0.25) is 0 Å². The Labute approximate surface area is 102 Å². The lowest BCUT2D eigenvalue weighted by molar-refractivity contribution is 0.103. The van der Waals surface area contributed by atoms with E-state index in [0.717, 1.165) is 22.5 Å². The largest absolute Gasteiger partial charge is 0.383 e. The van der Waals surface area contributed by atoms with Gasteiger partial charge >= 0.3 is 0 Å². The fraction of sp³-hybridized carbons (Fsp3) is 0.538. The van der Waals surface area contributed by atoms with Gasteiger partial charge in [-0.1, -0.05) is 13.8 Å². The van der Waals surface area contributed by atoms with Gasteiger partial charge in [-0.05, 0) is 5.92 Å². The van der Waals surface area contributed by atoms with Crippen molar-refractivity contribution in [1.82, 2.24) is 14.7 Å². The Bertz CT molecular complexity index is 495. The van der Waals surface area contributed by atoms with Crippen LogP contribution >= 0.6 is 0 Å². The number of carbonyl (C=O) groups is 1. The van der Waals surface area contributed by atoms with Gasteiger partial charge in [-0.3, -0.25) is 9.48 Å². The number of hydrogen-bond donors (Lipinski definition) is 0. The van der Waals surface area contributed by atoms with E-state index in [0.29, 0.717) is 12.3 Å². The number of aromatic nitrogens is 2. The Balaban J connectivity index is 2.48. The Kier molecular flexibility index (Phi) is 2.81. The second kappa shape index (κ2) is 4.02. The molecule has 1 aliphatic carbocycles. The minimum atomic E-state index is 0.144. The highest BCUT2D eigenvalue weighted by Crippen LogP contribution is 2.32. The first-order valence-electron chi connectivity index (χ1n) is 5.89. The van der Waals surface area contributed by atoms with E-state index < -0.39 is 0 Å². The van der Waals surface area contributed by atoms with E-state index in [2.05, 4.69) is 18.9 Å². The Morgan fingerprint density at radius 2 is 2.06 bits per heavy atom. The van der Waals surface area contributed by atoms with Crippen molar-refractivity contribution in [1.29, 1.82) is 0 Å². The van der Waals surface area contributed by atoms with Crippen LogP contribution < -0.4 is 0 Å². The number of Topliss-reactive ketones (excluding diaryl/α,β-unsaturated/α-hetero) is 1. The second-order valence-corrected chi connectivity index (χ2v) is 5.11. The first-order chi connectivity index (χ1) is 7.91.